The molecule has 0 unspecified atom stereocenters. The van der Waals surface area contributed by atoms with E-state index in [1.807, 2.05) is 37.3 Å². The molecule has 1 aliphatic carbocycles. The fourth-order valence-electron chi connectivity index (χ4n) is 3.35. The minimum absolute atomic E-state index is 0.0660. The first kappa shape index (κ1) is 18.1. The molecule has 1 saturated carbocycles. The summed E-state index contributed by atoms with van der Waals surface area (Å²) in [7, 11) is -3.48. The molecule has 4 nitrogen and oxygen atoms in total. The van der Waals surface area contributed by atoms with Crippen molar-refractivity contribution in [3.63, 3.8) is 0 Å². The zero-order chi connectivity index (χ0) is 17.7. The van der Waals surface area contributed by atoms with Crippen LogP contribution in [0.15, 0.2) is 59.5 Å². The third-order valence-corrected chi connectivity index (χ3v) is 6.32. The molecule has 1 fully saturated rings. The van der Waals surface area contributed by atoms with Gasteiger partial charge in [0.25, 0.3) is 0 Å². The molecule has 0 amide bonds. The van der Waals surface area contributed by atoms with E-state index in [9.17, 15) is 8.42 Å². The smallest absolute Gasteiger partial charge is 0.240 e. The molecule has 2 N–H and O–H groups in total. The van der Waals surface area contributed by atoms with Crippen LogP contribution in [0.4, 0.5) is 0 Å². The van der Waals surface area contributed by atoms with Crippen LogP contribution >= 0.6 is 0 Å². The summed E-state index contributed by atoms with van der Waals surface area (Å²) in [5.41, 5.74) is 2.27. The van der Waals surface area contributed by atoms with Crippen LogP contribution in [0.25, 0.3) is 0 Å². The van der Waals surface area contributed by atoms with E-state index in [2.05, 4.69) is 22.2 Å². The zero-order valence-corrected chi connectivity index (χ0v) is 15.4. The summed E-state index contributed by atoms with van der Waals surface area (Å²) in [6.07, 6.45) is 4.06. The van der Waals surface area contributed by atoms with Crippen LogP contribution in [-0.2, 0) is 16.6 Å². The molecule has 0 radical (unpaired) electrons. The van der Waals surface area contributed by atoms with Gasteiger partial charge in [0.2, 0.25) is 10.0 Å². The monoisotopic (exact) mass is 358 g/mol. The van der Waals surface area contributed by atoms with Crippen molar-refractivity contribution in [2.45, 2.75) is 56.1 Å². The minimum atomic E-state index is -3.48. The molecule has 0 aliphatic heterocycles. The van der Waals surface area contributed by atoms with Gasteiger partial charge >= 0.3 is 0 Å². The lowest BCUT2D eigenvalue weighted by Crippen LogP contribution is -2.51. The van der Waals surface area contributed by atoms with Gasteiger partial charge in [-0.25, -0.2) is 13.1 Å². The molecule has 25 heavy (non-hydrogen) atoms. The van der Waals surface area contributed by atoms with E-state index in [1.165, 1.54) is 5.56 Å². The molecular formula is C20H26N2O2S. The fraction of sp³-hybridized carbons (Fsp3) is 0.400. The van der Waals surface area contributed by atoms with E-state index in [1.54, 1.807) is 12.1 Å². The van der Waals surface area contributed by atoms with Crippen LogP contribution < -0.4 is 10.0 Å². The molecule has 0 aromatic heterocycles. The number of hydrogen-bond donors (Lipinski definition) is 2. The van der Waals surface area contributed by atoms with E-state index in [0.717, 1.165) is 37.8 Å². The zero-order valence-electron chi connectivity index (χ0n) is 14.6. The molecule has 2 aromatic carbocycles. The van der Waals surface area contributed by atoms with Crippen molar-refractivity contribution < 1.29 is 8.42 Å². The highest BCUT2D eigenvalue weighted by molar-refractivity contribution is 7.89. The van der Waals surface area contributed by atoms with Gasteiger partial charge in [-0.2, -0.15) is 0 Å². The standard InChI is InChI=1S/C20H26N2O2S/c1-16-11-13-18(14-12-16)25(23,24)22-20-10-6-5-9-19(20)21-15-17-7-3-2-4-8-17/h2-4,7-8,11-14,19-22H,5-6,9-10,15H2,1H3/t19-,20+/m0/s1. The predicted octanol–water partition coefficient (Wildman–Crippen LogP) is 3.37. The Morgan fingerprint density at radius 1 is 0.920 bits per heavy atom. The van der Waals surface area contributed by atoms with Crippen LogP contribution in [-0.4, -0.2) is 20.5 Å². The van der Waals surface area contributed by atoms with Crippen molar-refractivity contribution in [1.82, 2.24) is 10.0 Å². The largest absolute Gasteiger partial charge is 0.308 e. The van der Waals surface area contributed by atoms with Crippen molar-refractivity contribution >= 4 is 10.0 Å². The maximum atomic E-state index is 12.7. The van der Waals surface area contributed by atoms with E-state index in [0.29, 0.717) is 4.90 Å². The van der Waals surface area contributed by atoms with Crippen molar-refractivity contribution in [1.29, 1.82) is 0 Å². The lowest BCUT2D eigenvalue weighted by Gasteiger charge is -2.32. The van der Waals surface area contributed by atoms with Gasteiger partial charge in [-0.15, -0.1) is 0 Å². The topological polar surface area (TPSA) is 58.2 Å². The predicted molar refractivity (Wildman–Crippen MR) is 101 cm³/mol. The van der Waals surface area contributed by atoms with E-state index >= 15 is 0 Å². The average molecular weight is 359 g/mol. The summed E-state index contributed by atoms with van der Waals surface area (Å²) in [5.74, 6) is 0. The highest BCUT2D eigenvalue weighted by Crippen LogP contribution is 2.21. The van der Waals surface area contributed by atoms with Crippen molar-refractivity contribution in [3.05, 3.63) is 65.7 Å². The maximum Gasteiger partial charge on any atom is 0.240 e. The lowest BCUT2D eigenvalue weighted by molar-refractivity contribution is 0.309. The minimum Gasteiger partial charge on any atom is -0.308 e. The van der Waals surface area contributed by atoms with Gasteiger partial charge in [0.1, 0.15) is 0 Å². The third kappa shape index (κ3) is 4.91. The first-order valence-electron chi connectivity index (χ1n) is 8.91. The third-order valence-electron chi connectivity index (χ3n) is 4.81. The van der Waals surface area contributed by atoms with E-state index in [-0.39, 0.29) is 12.1 Å². The Morgan fingerprint density at radius 3 is 2.24 bits per heavy atom. The second-order valence-corrected chi connectivity index (χ2v) is 8.51. The highest BCUT2D eigenvalue weighted by Gasteiger charge is 2.29. The first-order chi connectivity index (χ1) is 12.0. The quantitative estimate of drug-likeness (QED) is 0.832. The Hall–Kier alpha value is -1.69. The van der Waals surface area contributed by atoms with E-state index in [4.69, 9.17) is 0 Å². The van der Waals surface area contributed by atoms with Gasteiger partial charge in [-0.1, -0.05) is 60.9 Å². The Bertz CT molecular complexity index is 773. The molecule has 0 spiro atoms. The van der Waals surface area contributed by atoms with Gasteiger partial charge in [-0.3, -0.25) is 0 Å². The number of nitrogens with one attached hydrogen (secondary N) is 2. The van der Waals surface area contributed by atoms with Crippen LogP contribution in [0.2, 0.25) is 0 Å². The Morgan fingerprint density at radius 2 is 1.56 bits per heavy atom. The molecule has 2 aromatic rings. The van der Waals surface area contributed by atoms with Gasteiger partial charge in [0.05, 0.1) is 4.90 Å². The Balaban J connectivity index is 1.67. The van der Waals surface area contributed by atoms with Gasteiger partial charge in [-0.05, 0) is 37.5 Å². The van der Waals surface area contributed by atoms with Crippen molar-refractivity contribution in [2.24, 2.45) is 0 Å². The summed E-state index contributed by atoms with van der Waals surface area (Å²) >= 11 is 0. The van der Waals surface area contributed by atoms with Gasteiger partial charge < -0.3 is 5.32 Å². The van der Waals surface area contributed by atoms with Crippen LogP contribution in [0.3, 0.4) is 0 Å². The van der Waals surface area contributed by atoms with Crippen LogP contribution in [0, 0.1) is 6.92 Å². The van der Waals surface area contributed by atoms with Gasteiger partial charge in [0.15, 0.2) is 0 Å². The molecule has 0 bridgehead atoms. The summed E-state index contributed by atoms with van der Waals surface area (Å²) in [6.45, 7) is 2.71. The maximum absolute atomic E-state index is 12.7. The molecule has 2 atom stereocenters. The molecule has 0 saturated heterocycles. The van der Waals surface area contributed by atoms with E-state index < -0.39 is 10.0 Å². The molecule has 3 rings (SSSR count). The van der Waals surface area contributed by atoms with Crippen LogP contribution in [0.5, 0.6) is 0 Å². The molecular weight excluding hydrogens is 332 g/mol. The first-order valence-corrected chi connectivity index (χ1v) is 10.4. The second-order valence-electron chi connectivity index (χ2n) is 6.80. The fourth-order valence-corrected chi connectivity index (χ4v) is 4.66. The number of hydrogen-bond acceptors (Lipinski definition) is 3. The lowest BCUT2D eigenvalue weighted by atomic mass is 9.91. The molecule has 5 heteroatoms. The Kier molecular flexibility index (Phi) is 5.89. The molecule has 1 aliphatic rings. The number of benzene rings is 2. The van der Waals surface area contributed by atoms with Crippen molar-refractivity contribution in [3.8, 4) is 0 Å². The second kappa shape index (κ2) is 8.13. The molecule has 0 heterocycles. The number of aryl methyl sites for hydroxylation is 1. The van der Waals surface area contributed by atoms with Gasteiger partial charge in [0, 0.05) is 18.6 Å². The Labute approximate surface area is 150 Å². The average Bonchev–Trinajstić information content (AvgIpc) is 2.62. The molecule has 134 valence electrons. The number of rotatable bonds is 6. The summed E-state index contributed by atoms with van der Waals surface area (Å²) in [6, 6.07) is 17.3. The highest BCUT2D eigenvalue weighted by atomic mass is 32.2. The summed E-state index contributed by atoms with van der Waals surface area (Å²) in [5, 5.41) is 3.54. The summed E-state index contributed by atoms with van der Waals surface area (Å²) < 4.78 is 28.3. The normalized spacial score (nSPS) is 21.2. The summed E-state index contributed by atoms with van der Waals surface area (Å²) in [4.78, 5) is 0.338. The van der Waals surface area contributed by atoms with Crippen molar-refractivity contribution in [2.75, 3.05) is 0 Å². The van der Waals surface area contributed by atoms with Crippen LogP contribution in [0.1, 0.15) is 36.8 Å². The number of sulfonamides is 1. The SMILES string of the molecule is Cc1ccc(S(=O)(=O)N[C@@H]2CCCC[C@@H]2NCc2ccccc2)cc1.